The molecule has 1 heterocycles. The number of nitrogens with zero attached hydrogens (tertiary/aromatic N) is 3. The number of benzene rings is 1. The predicted molar refractivity (Wildman–Crippen MR) is 111 cm³/mol. The van der Waals surface area contributed by atoms with Crippen molar-refractivity contribution < 1.29 is 14.3 Å². The maximum Gasteiger partial charge on any atom is 0.230 e. The van der Waals surface area contributed by atoms with Crippen LogP contribution in [-0.4, -0.2) is 34.9 Å². The predicted octanol–water partition coefficient (Wildman–Crippen LogP) is 3.99. The minimum atomic E-state index is -0.352. The van der Waals surface area contributed by atoms with Crippen molar-refractivity contribution in [1.29, 1.82) is 0 Å². The smallest absolute Gasteiger partial charge is 0.230 e. The van der Waals surface area contributed by atoms with Crippen LogP contribution in [-0.2, 0) is 10.3 Å². The van der Waals surface area contributed by atoms with Crippen LogP contribution in [0.5, 0.6) is 11.5 Å². The molecule has 4 aliphatic carbocycles. The normalized spacial score (nSPS) is 32.2. The molecule has 4 fully saturated rings. The number of halogens is 1. The second-order valence-corrected chi connectivity index (χ2v) is 9.66. The number of nitrogens with one attached hydrogen (secondary N) is 1. The highest BCUT2D eigenvalue weighted by atomic mass is 79.9. The average Bonchev–Trinajstić information content (AvgIpc) is 3.14. The molecule has 0 spiro atoms. The van der Waals surface area contributed by atoms with E-state index in [0.717, 1.165) is 37.8 Å². The van der Waals surface area contributed by atoms with Gasteiger partial charge in [0.15, 0.2) is 11.5 Å². The Morgan fingerprint density at radius 2 is 1.90 bits per heavy atom. The van der Waals surface area contributed by atoms with Crippen LogP contribution in [0.25, 0.3) is 0 Å². The SMILES string of the molecule is COc1ccc(NC(=O)C23C[C@H]4C[C@H](C2)CC(n2cnc(Br)n2)(C4)C3)cc1OC. The molecule has 29 heavy (non-hydrogen) atoms. The molecule has 8 heteroatoms. The summed E-state index contributed by atoms with van der Waals surface area (Å²) in [5.41, 5.74) is 0.286. The summed E-state index contributed by atoms with van der Waals surface area (Å²) >= 11 is 3.38. The van der Waals surface area contributed by atoms with E-state index in [2.05, 4.69) is 31.3 Å². The molecule has 0 aliphatic heterocycles. The van der Waals surface area contributed by atoms with Gasteiger partial charge >= 0.3 is 0 Å². The molecule has 0 radical (unpaired) electrons. The van der Waals surface area contributed by atoms with Gasteiger partial charge in [0, 0.05) is 11.8 Å². The fourth-order valence-electron chi connectivity index (χ4n) is 6.40. The van der Waals surface area contributed by atoms with E-state index in [9.17, 15) is 4.79 Å². The Bertz CT molecular complexity index is 945. The zero-order chi connectivity index (χ0) is 20.2. The molecule has 7 nitrogen and oxygen atoms in total. The van der Waals surface area contributed by atoms with Gasteiger partial charge in [0.2, 0.25) is 10.6 Å². The van der Waals surface area contributed by atoms with Gasteiger partial charge < -0.3 is 14.8 Å². The van der Waals surface area contributed by atoms with Gasteiger partial charge in [-0.05, 0) is 78.4 Å². The van der Waals surface area contributed by atoms with Gasteiger partial charge in [0.05, 0.1) is 25.2 Å². The van der Waals surface area contributed by atoms with Crippen LogP contribution < -0.4 is 14.8 Å². The topological polar surface area (TPSA) is 78.3 Å². The van der Waals surface area contributed by atoms with Crippen molar-refractivity contribution in [2.45, 2.75) is 44.1 Å². The number of carbonyl (C=O) groups is 1. The molecule has 4 bridgehead atoms. The van der Waals surface area contributed by atoms with Crippen LogP contribution in [0.2, 0.25) is 0 Å². The highest BCUT2D eigenvalue weighted by molar-refractivity contribution is 9.10. The van der Waals surface area contributed by atoms with Crippen molar-refractivity contribution in [3.8, 4) is 11.5 Å². The van der Waals surface area contributed by atoms with Crippen LogP contribution >= 0.6 is 15.9 Å². The molecule has 1 aromatic heterocycles. The van der Waals surface area contributed by atoms with Gasteiger partial charge in [-0.15, -0.1) is 5.10 Å². The summed E-state index contributed by atoms with van der Waals surface area (Å²) in [6, 6.07) is 5.51. The number of hydrogen-bond acceptors (Lipinski definition) is 5. The van der Waals surface area contributed by atoms with E-state index in [1.54, 1.807) is 14.2 Å². The third-order valence-electron chi connectivity index (χ3n) is 7.10. The second-order valence-electron chi connectivity index (χ2n) is 8.95. The summed E-state index contributed by atoms with van der Waals surface area (Å²) in [4.78, 5) is 17.8. The quantitative estimate of drug-likeness (QED) is 0.729. The Morgan fingerprint density at radius 1 is 1.17 bits per heavy atom. The lowest BCUT2D eigenvalue weighted by Gasteiger charge is -2.60. The first kappa shape index (κ1) is 18.9. The van der Waals surface area contributed by atoms with E-state index in [4.69, 9.17) is 9.47 Å². The number of methoxy groups -OCH3 is 2. The third kappa shape index (κ3) is 3.03. The van der Waals surface area contributed by atoms with Crippen molar-refractivity contribution in [1.82, 2.24) is 14.8 Å². The molecule has 2 aromatic rings. The van der Waals surface area contributed by atoms with Gasteiger partial charge in [0.25, 0.3) is 0 Å². The monoisotopic (exact) mass is 460 g/mol. The van der Waals surface area contributed by atoms with Gasteiger partial charge in [0.1, 0.15) is 6.33 Å². The first-order chi connectivity index (χ1) is 13.9. The molecular formula is C21H25BrN4O3. The molecule has 1 aromatic carbocycles. The van der Waals surface area contributed by atoms with Crippen molar-refractivity contribution in [2.75, 3.05) is 19.5 Å². The van der Waals surface area contributed by atoms with Gasteiger partial charge in [-0.3, -0.25) is 4.79 Å². The molecule has 0 saturated heterocycles. The molecular weight excluding hydrogens is 436 g/mol. The third-order valence-corrected chi connectivity index (χ3v) is 7.47. The fraction of sp³-hybridized carbons (Fsp3) is 0.571. The molecule has 0 unspecified atom stereocenters. The van der Waals surface area contributed by atoms with E-state index in [-0.39, 0.29) is 16.9 Å². The van der Waals surface area contributed by atoms with E-state index in [1.165, 1.54) is 6.42 Å². The Kier molecular flexibility index (Phi) is 4.38. The molecule has 4 saturated carbocycles. The number of carbonyl (C=O) groups excluding carboxylic acids is 1. The van der Waals surface area contributed by atoms with Crippen LogP contribution in [0.15, 0.2) is 29.3 Å². The van der Waals surface area contributed by atoms with Gasteiger partial charge in [-0.1, -0.05) is 0 Å². The van der Waals surface area contributed by atoms with Crippen LogP contribution in [0.4, 0.5) is 5.69 Å². The van der Waals surface area contributed by atoms with Gasteiger partial charge in [-0.25, -0.2) is 9.67 Å². The summed E-state index contributed by atoms with van der Waals surface area (Å²) in [6.07, 6.45) is 7.96. The number of rotatable bonds is 5. The number of anilines is 1. The van der Waals surface area contributed by atoms with E-state index < -0.39 is 0 Å². The second kappa shape index (κ2) is 6.72. The number of hydrogen-bond donors (Lipinski definition) is 1. The molecule has 6 rings (SSSR count). The molecule has 1 N–H and O–H groups in total. The first-order valence-electron chi connectivity index (χ1n) is 10.1. The number of amides is 1. The summed E-state index contributed by atoms with van der Waals surface area (Å²) in [5.74, 6) is 2.50. The summed E-state index contributed by atoms with van der Waals surface area (Å²) in [6.45, 7) is 0. The zero-order valence-electron chi connectivity index (χ0n) is 16.7. The average molecular weight is 461 g/mol. The number of ether oxygens (including phenoxy) is 2. The number of aromatic nitrogens is 3. The Balaban J connectivity index is 1.44. The molecule has 1 amide bonds. The lowest BCUT2D eigenvalue weighted by Crippen LogP contribution is -2.60. The largest absolute Gasteiger partial charge is 0.493 e. The standard InChI is InChI=1S/C21H25BrN4O3/c1-28-16-4-3-15(6-17(16)29-2)24-18(27)20-7-13-5-14(8-20)10-21(9-13,11-20)26-12-23-19(22)25-26/h3-4,6,12-14H,5,7-11H2,1-2H3,(H,24,27)/t13-,14-,20?,21?/m1/s1. The molecule has 2 atom stereocenters. The van der Waals surface area contributed by atoms with Crippen molar-refractivity contribution in [3.05, 3.63) is 29.3 Å². The highest BCUT2D eigenvalue weighted by Gasteiger charge is 2.61. The zero-order valence-corrected chi connectivity index (χ0v) is 18.2. The summed E-state index contributed by atoms with van der Waals surface area (Å²) in [5, 5.41) is 7.75. The summed E-state index contributed by atoms with van der Waals surface area (Å²) in [7, 11) is 3.20. The van der Waals surface area contributed by atoms with Gasteiger partial charge in [-0.2, -0.15) is 0 Å². The van der Waals surface area contributed by atoms with Crippen molar-refractivity contribution in [2.24, 2.45) is 17.3 Å². The van der Waals surface area contributed by atoms with Crippen molar-refractivity contribution >= 4 is 27.5 Å². The highest BCUT2D eigenvalue weighted by Crippen LogP contribution is 2.64. The Hall–Kier alpha value is -2.09. The Labute approximate surface area is 178 Å². The lowest BCUT2D eigenvalue weighted by atomic mass is 9.46. The first-order valence-corrected chi connectivity index (χ1v) is 10.9. The maximum absolute atomic E-state index is 13.6. The van der Waals surface area contributed by atoms with E-state index in [0.29, 0.717) is 28.1 Å². The fourth-order valence-corrected chi connectivity index (χ4v) is 6.66. The summed E-state index contributed by atoms with van der Waals surface area (Å²) < 4.78 is 13.3. The van der Waals surface area contributed by atoms with Crippen molar-refractivity contribution in [3.63, 3.8) is 0 Å². The van der Waals surface area contributed by atoms with Crippen LogP contribution in [0.3, 0.4) is 0 Å². The lowest BCUT2D eigenvalue weighted by molar-refractivity contribution is -0.150. The van der Waals surface area contributed by atoms with Crippen LogP contribution in [0, 0.1) is 17.3 Å². The van der Waals surface area contributed by atoms with E-state index >= 15 is 0 Å². The van der Waals surface area contributed by atoms with E-state index in [1.807, 2.05) is 29.2 Å². The Morgan fingerprint density at radius 3 is 2.52 bits per heavy atom. The van der Waals surface area contributed by atoms with Crippen LogP contribution in [0.1, 0.15) is 38.5 Å². The minimum absolute atomic E-state index is 0.0992. The molecule has 154 valence electrons. The molecule has 4 aliphatic rings. The minimum Gasteiger partial charge on any atom is -0.493 e. The maximum atomic E-state index is 13.6.